The van der Waals surface area contributed by atoms with Crippen molar-refractivity contribution >= 4 is 21.5 Å². The Morgan fingerprint density at radius 2 is 2.23 bits per heavy atom. The van der Waals surface area contributed by atoms with E-state index in [9.17, 15) is 0 Å². The molecule has 70 valence electrons. The van der Waals surface area contributed by atoms with Gasteiger partial charge in [0.15, 0.2) is 0 Å². The molecule has 1 rings (SSSR count). The number of aryl methyl sites for hydroxylation is 1. The van der Waals surface area contributed by atoms with Crippen LogP contribution in [0.25, 0.3) is 5.57 Å². The molecule has 0 aromatic heterocycles. The fourth-order valence-electron chi connectivity index (χ4n) is 1.33. The number of halogens is 1. The van der Waals surface area contributed by atoms with E-state index in [1.54, 1.807) is 7.11 Å². The number of ether oxygens (including phenoxy) is 1. The van der Waals surface area contributed by atoms with E-state index in [-0.39, 0.29) is 0 Å². The maximum atomic E-state index is 5.27. The third kappa shape index (κ3) is 2.13. The molecular formula is C11H13BrO. The molecule has 0 spiro atoms. The molecule has 0 radical (unpaired) electrons. The number of allylic oxidation sites excluding steroid dienone is 1. The molecule has 0 bridgehead atoms. The van der Waals surface area contributed by atoms with Crippen molar-refractivity contribution in [2.75, 3.05) is 12.4 Å². The zero-order chi connectivity index (χ0) is 9.84. The molecule has 13 heavy (non-hydrogen) atoms. The van der Waals surface area contributed by atoms with Gasteiger partial charge >= 0.3 is 0 Å². The van der Waals surface area contributed by atoms with Gasteiger partial charge < -0.3 is 4.74 Å². The molecule has 1 aromatic carbocycles. The van der Waals surface area contributed by atoms with Gasteiger partial charge in [0.05, 0.1) is 7.11 Å². The Kier molecular flexibility index (Phi) is 3.55. The molecule has 0 heterocycles. The fraction of sp³-hybridized carbons (Fsp3) is 0.273. The predicted octanol–water partition coefficient (Wildman–Crippen LogP) is 3.41. The van der Waals surface area contributed by atoms with Crippen molar-refractivity contribution in [1.82, 2.24) is 0 Å². The largest absolute Gasteiger partial charge is 0.496 e. The molecule has 0 fully saturated rings. The maximum absolute atomic E-state index is 5.27. The summed E-state index contributed by atoms with van der Waals surface area (Å²) in [4.78, 5) is 0. The zero-order valence-corrected chi connectivity index (χ0v) is 9.52. The lowest BCUT2D eigenvalue weighted by Gasteiger charge is -2.11. The first-order valence-electron chi connectivity index (χ1n) is 4.08. The second-order valence-corrected chi connectivity index (χ2v) is 3.45. The SMILES string of the molecule is C=C(CBr)c1c(C)cccc1OC. The Labute approximate surface area is 87.5 Å². The van der Waals surface area contributed by atoms with Crippen LogP contribution in [0.3, 0.4) is 0 Å². The lowest BCUT2D eigenvalue weighted by molar-refractivity contribution is 0.413. The van der Waals surface area contributed by atoms with Gasteiger partial charge in [-0.25, -0.2) is 0 Å². The Morgan fingerprint density at radius 1 is 1.54 bits per heavy atom. The van der Waals surface area contributed by atoms with E-state index in [1.165, 1.54) is 5.56 Å². The average molecular weight is 241 g/mol. The van der Waals surface area contributed by atoms with Crippen molar-refractivity contribution in [1.29, 1.82) is 0 Å². The third-order valence-corrected chi connectivity index (χ3v) is 2.65. The minimum Gasteiger partial charge on any atom is -0.496 e. The highest BCUT2D eigenvalue weighted by Crippen LogP contribution is 2.28. The van der Waals surface area contributed by atoms with Crippen LogP contribution in [-0.4, -0.2) is 12.4 Å². The van der Waals surface area contributed by atoms with Crippen molar-refractivity contribution in [2.24, 2.45) is 0 Å². The van der Waals surface area contributed by atoms with Crippen LogP contribution in [0.4, 0.5) is 0 Å². The highest BCUT2D eigenvalue weighted by atomic mass is 79.9. The van der Waals surface area contributed by atoms with E-state index in [0.29, 0.717) is 0 Å². The minimum absolute atomic E-state index is 0.772. The van der Waals surface area contributed by atoms with Crippen LogP contribution in [0.2, 0.25) is 0 Å². The Morgan fingerprint density at radius 3 is 2.77 bits per heavy atom. The summed E-state index contributed by atoms with van der Waals surface area (Å²) in [5, 5.41) is 0.772. The summed E-state index contributed by atoms with van der Waals surface area (Å²) < 4.78 is 5.27. The molecule has 1 aromatic rings. The normalized spacial score (nSPS) is 9.77. The van der Waals surface area contributed by atoms with Crippen LogP contribution in [0.5, 0.6) is 5.75 Å². The first kappa shape index (κ1) is 10.3. The van der Waals surface area contributed by atoms with Gasteiger partial charge in [-0.3, -0.25) is 0 Å². The molecule has 0 aliphatic rings. The second kappa shape index (κ2) is 4.47. The maximum Gasteiger partial charge on any atom is 0.126 e. The third-order valence-electron chi connectivity index (χ3n) is 1.97. The van der Waals surface area contributed by atoms with Crippen LogP contribution in [-0.2, 0) is 0 Å². The number of hydrogen-bond donors (Lipinski definition) is 0. The van der Waals surface area contributed by atoms with Crippen molar-refractivity contribution in [2.45, 2.75) is 6.92 Å². The number of benzene rings is 1. The monoisotopic (exact) mass is 240 g/mol. The van der Waals surface area contributed by atoms with Gasteiger partial charge in [-0.05, 0) is 24.1 Å². The minimum atomic E-state index is 0.772. The standard InChI is InChI=1S/C11H13BrO/c1-8-5-4-6-10(13-3)11(8)9(2)7-12/h4-6H,2,7H2,1,3H3. The van der Waals surface area contributed by atoms with Crippen LogP contribution in [0, 0.1) is 6.92 Å². The molecule has 2 heteroatoms. The van der Waals surface area contributed by atoms with Crippen molar-refractivity contribution < 1.29 is 4.74 Å². The average Bonchev–Trinajstić information content (AvgIpc) is 2.16. The van der Waals surface area contributed by atoms with Crippen LogP contribution in [0.1, 0.15) is 11.1 Å². The molecule has 0 saturated heterocycles. The molecule has 0 N–H and O–H groups in total. The van der Waals surface area contributed by atoms with E-state index in [0.717, 1.165) is 22.2 Å². The number of methoxy groups -OCH3 is 1. The number of alkyl halides is 1. The van der Waals surface area contributed by atoms with Crippen LogP contribution < -0.4 is 4.74 Å². The summed E-state index contributed by atoms with van der Waals surface area (Å²) in [7, 11) is 1.68. The molecular weight excluding hydrogens is 228 g/mol. The summed E-state index contributed by atoms with van der Waals surface area (Å²) in [5.41, 5.74) is 3.36. The van der Waals surface area contributed by atoms with E-state index < -0.39 is 0 Å². The van der Waals surface area contributed by atoms with Gasteiger partial charge in [-0.2, -0.15) is 0 Å². The molecule has 0 aliphatic heterocycles. The Bertz CT molecular complexity index is 318. The highest BCUT2D eigenvalue weighted by Gasteiger charge is 2.07. The van der Waals surface area contributed by atoms with E-state index in [1.807, 2.05) is 12.1 Å². The number of rotatable bonds is 3. The smallest absolute Gasteiger partial charge is 0.126 e. The van der Waals surface area contributed by atoms with E-state index >= 15 is 0 Å². The van der Waals surface area contributed by atoms with Crippen LogP contribution in [0.15, 0.2) is 24.8 Å². The molecule has 1 nitrogen and oxygen atoms in total. The van der Waals surface area contributed by atoms with Gasteiger partial charge in [-0.1, -0.05) is 34.6 Å². The summed E-state index contributed by atoms with van der Waals surface area (Å²) in [5.74, 6) is 0.893. The van der Waals surface area contributed by atoms with E-state index in [2.05, 4.69) is 35.5 Å². The summed E-state index contributed by atoms with van der Waals surface area (Å²) in [6, 6.07) is 6.00. The van der Waals surface area contributed by atoms with Gasteiger partial charge in [0.25, 0.3) is 0 Å². The first-order valence-corrected chi connectivity index (χ1v) is 5.20. The first-order chi connectivity index (χ1) is 6.20. The highest BCUT2D eigenvalue weighted by molar-refractivity contribution is 9.09. The second-order valence-electron chi connectivity index (χ2n) is 2.89. The molecule has 0 atom stereocenters. The van der Waals surface area contributed by atoms with Crippen LogP contribution >= 0.6 is 15.9 Å². The van der Waals surface area contributed by atoms with Crippen molar-refractivity contribution in [3.63, 3.8) is 0 Å². The molecule has 0 unspecified atom stereocenters. The summed E-state index contributed by atoms with van der Waals surface area (Å²) in [6.07, 6.45) is 0. The van der Waals surface area contributed by atoms with Gasteiger partial charge in [0.1, 0.15) is 5.75 Å². The van der Waals surface area contributed by atoms with Gasteiger partial charge in [0, 0.05) is 10.9 Å². The lowest BCUT2D eigenvalue weighted by atomic mass is 10.0. The van der Waals surface area contributed by atoms with Crippen molar-refractivity contribution in [3.05, 3.63) is 35.9 Å². The number of hydrogen-bond acceptors (Lipinski definition) is 1. The predicted molar refractivity (Wildman–Crippen MR) is 60.6 cm³/mol. The summed E-state index contributed by atoms with van der Waals surface area (Å²) >= 11 is 3.39. The van der Waals surface area contributed by atoms with E-state index in [4.69, 9.17) is 4.74 Å². The van der Waals surface area contributed by atoms with Gasteiger partial charge in [0.2, 0.25) is 0 Å². The summed E-state index contributed by atoms with van der Waals surface area (Å²) in [6.45, 7) is 6.05. The lowest BCUT2D eigenvalue weighted by Crippen LogP contribution is -1.94. The fourth-order valence-corrected chi connectivity index (χ4v) is 1.61. The Hall–Kier alpha value is -0.760. The van der Waals surface area contributed by atoms with Crippen molar-refractivity contribution in [3.8, 4) is 5.75 Å². The quantitative estimate of drug-likeness (QED) is 0.737. The Balaban J connectivity index is 3.22. The zero-order valence-electron chi connectivity index (χ0n) is 7.93. The van der Waals surface area contributed by atoms with Gasteiger partial charge in [-0.15, -0.1) is 0 Å². The molecule has 0 amide bonds. The molecule has 0 aliphatic carbocycles. The molecule has 0 saturated carbocycles. The topological polar surface area (TPSA) is 9.23 Å².